The zero-order chi connectivity index (χ0) is 47.4. The Morgan fingerprint density at radius 1 is 0.225 bits per heavy atom. The molecule has 0 aliphatic heterocycles. The van der Waals surface area contributed by atoms with Crippen molar-refractivity contribution in [3.63, 3.8) is 0 Å². The second-order valence-electron chi connectivity index (χ2n) is 17.7. The summed E-state index contributed by atoms with van der Waals surface area (Å²) in [6.07, 6.45) is 0. The number of benzene rings is 11. The van der Waals surface area contributed by atoms with Crippen molar-refractivity contribution in [3.05, 3.63) is 320 Å². The number of anilines is 9. The molecule has 11 aromatic carbocycles. The summed E-state index contributed by atoms with van der Waals surface area (Å²) in [6, 6.07) is 106. The SMILES string of the molecule is c1ccc(Oc2cccc(N(c3ccccc3)c3cccc(N(c4cccc(N(c5ccccc5)c5ccccc5)c4)c4ccc5c(c4)-c4ccccc4C5(c4ccccc4)c4ccccc4)c3)c2)cc1. The van der Waals surface area contributed by atoms with Crippen LogP contribution in [0, 0.1) is 0 Å². The fourth-order valence-electron chi connectivity index (χ4n) is 10.5. The first kappa shape index (κ1) is 42.9. The van der Waals surface area contributed by atoms with Gasteiger partial charge in [-0.1, -0.05) is 182 Å². The summed E-state index contributed by atoms with van der Waals surface area (Å²) in [6.45, 7) is 0. The third-order valence-electron chi connectivity index (χ3n) is 13.5. The average Bonchev–Trinajstić information content (AvgIpc) is 3.74. The van der Waals surface area contributed by atoms with Gasteiger partial charge < -0.3 is 19.4 Å². The summed E-state index contributed by atoms with van der Waals surface area (Å²) in [5.41, 5.74) is 16.2. The number of hydrogen-bond acceptors (Lipinski definition) is 4. The Hall–Kier alpha value is -9.38. The van der Waals surface area contributed by atoms with Crippen molar-refractivity contribution < 1.29 is 4.74 Å². The minimum absolute atomic E-state index is 0.515. The molecule has 0 atom stereocenters. The highest BCUT2D eigenvalue weighted by molar-refractivity contribution is 5.92. The largest absolute Gasteiger partial charge is 0.457 e. The Morgan fingerprint density at radius 3 is 1.07 bits per heavy atom. The summed E-state index contributed by atoms with van der Waals surface area (Å²) in [5.74, 6) is 1.54. The maximum atomic E-state index is 6.41. The molecule has 0 heterocycles. The lowest BCUT2D eigenvalue weighted by atomic mass is 9.68. The van der Waals surface area contributed by atoms with Gasteiger partial charge in [0.1, 0.15) is 11.5 Å². The van der Waals surface area contributed by atoms with Crippen LogP contribution in [-0.2, 0) is 5.41 Å². The Morgan fingerprint density at radius 2 is 0.563 bits per heavy atom. The molecular formula is C67H49N3O. The molecule has 1 aliphatic carbocycles. The highest BCUT2D eigenvalue weighted by atomic mass is 16.5. The zero-order valence-corrected chi connectivity index (χ0v) is 39.0. The van der Waals surface area contributed by atoms with Crippen LogP contribution in [-0.4, -0.2) is 0 Å². The predicted octanol–water partition coefficient (Wildman–Crippen LogP) is 18.3. The van der Waals surface area contributed by atoms with E-state index in [1.54, 1.807) is 0 Å². The lowest BCUT2D eigenvalue weighted by molar-refractivity contribution is 0.483. The summed E-state index contributed by atoms with van der Waals surface area (Å²) < 4.78 is 6.41. The van der Waals surface area contributed by atoms with Gasteiger partial charge in [0.2, 0.25) is 0 Å². The lowest BCUT2D eigenvalue weighted by Gasteiger charge is -2.34. The van der Waals surface area contributed by atoms with E-state index in [1.807, 2.05) is 36.4 Å². The molecule has 4 nitrogen and oxygen atoms in total. The van der Waals surface area contributed by atoms with Crippen molar-refractivity contribution in [3.8, 4) is 22.6 Å². The van der Waals surface area contributed by atoms with Crippen molar-refractivity contribution in [2.24, 2.45) is 0 Å². The van der Waals surface area contributed by atoms with E-state index >= 15 is 0 Å². The lowest BCUT2D eigenvalue weighted by Crippen LogP contribution is -2.28. The minimum Gasteiger partial charge on any atom is -0.457 e. The van der Waals surface area contributed by atoms with E-state index in [1.165, 1.54) is 33.4 Å². The van der Waals surface area contributed by atoms with Crippen LogP contribution in [0.25, 0.3) is 11.1 Å². The van der Waals surface area contributed by atoms with Crippen molar-refractivity contribution in [2.75, 3.05) is 14.7 Å². The molecule has 0 saturated carbocycles. The van der Waals surface area contributed by atoms with Gasteiger partial charge in [-0.2, -0.15) is 0 Å². The Kier molecular flexibility index (Phi) is 11.5. The molecule has 0 saturated heterocycles. The summed E-state index contributed by atoms with van der Waals surface area (Å²) in [7, 11) is 0. The first-order valence-electron chi connectivity index (χ1n) is 24.2. The van der Waals surface area contributed by atoms with Gasteiger partial charge in [-0.3, -0.25) is 0 Å². The van der Waals surface area contributed by atoms with Gasteiger partial charge in [-0.25, -0.2) is 0 Å². The molecule has 0 radical (unpaired) electrons. The second kappa shape index (κ2) is 19.0. The number of hydrogen-bond donors (Lipinski definition) is 0. The van der Waals surface area contributed by atoms with E-state index < -0.39 is 5.41 Å². The minimum atomic E-state index is -0.515. The molecule has 1 aliphatic rings. The predicted molar refractivity (Wildman–Crippen MR) is 294 cm³/mol. The quantitative estimate of drug-likeness (QED) is 0.115. The van der Waals surface area contributed by atoms with Crippen LogP contribution in [0.4, 0.5) is 51.2 Å². The van der Waals surface area contributed by atoms with Crippen molar-refractivity contribution in [1.82, 2.24) is 0 Å². The first-order chi connectivity index (χ1) is 35.2. The van der Waals surface area contributed by atoms with Gasteiger partial charge >= 0.3 is 0 Å². The van der Waals surface area contributed by atoms with Crippen LogP contribution in [0.1, 0.15) is 22.3 Å². The Balaban J connectivity index is 1.06. The number of rotatable bonds is 13. The molecule has 0 aromatic heterocycles. The number of fused-ring (bicyclic) bond motifs is 3. The monoisotopic (exact) mass is 911 g/mol. The van der Waals surface area contributed by atoms with Gasteiger partial charge in [0.15, 0.2) is 0 Å². The van der Waals surface area contributed by atoms with Gasteiger partial charge in [0.05, 0.1) is 5.41 Å². The van der Waals surface area contributed by atoms with Crippen LogP contribution in [0.15, 0.2) is 297 Å². The molecule has 0 spiro atoms. The maximum absolute atomic E-state index is 6.41. The van der Waals surface area contributed by atoms with Crippen molar-refractivity contribution >= 4 is 51.2 Å². The molecular weight excluding hydrogens is 863 g/mol. The highest BCUT2D eigenvalue weighted by Gasteiger charge is 2.46. The van der Waals surface area contributed by atoms with E-state index in [0.717, 1.165) is 62.7 Å². The normalized spacial score (nSPS) is 12.1. The summed E-state index contributed by atoms with van der Waals surface area (Å²) >= 11 is 0. The third-order valence-corrected chi connectivity index (χ3v) is 13.5. The molecule has 11 aromatic rings. The van der Waals surface area contributed by atoms with Crippen LogP contribution >= 0.6 is 0 Å². The van der Waals surface area contributed by atoms with Gasteiger partial charge in [-0.15, -0.1) is 0 Å². The van der Waals surface area contributed by atoms with Gasteiger partial charge in [0, 0.05) is 57.3 Å². The zero-order valence-electron chi connectivity index (χ0n) is 39.0. The Bertz CT molecular complexity index is 3490. The fraction of sp³-hybridized carbons (Fsp3) is 0.0149. The molecule has 12 rings (SSSR count). The molecule has 4 heteroatoms. The topological polar surface area (TPSA) is 19.0 Å². The third kappa shape index (κ3) is 8.07. The molecule has 0 unspecified atom stereocenters. The van der Waals surface area contributed by atoms with E-state index in [4.69, 9.17) is 4.74 Å². The van der Waals surface area contributed by atoms with E-state index in [0.29, 0.717) is 0 Å². The first-order valence-corrected chi connectivity index (χ1v) is 24.2. The molecule has 338 valence electrons. The second-order valence-corrected chi connectivity index (χ2v) is 17.7. The fourth-order valence-corrected chi connectivity index (χ4v) is 10.5. The highest BCUT2D eigenvalue weighted by Crippen LogP contribution is 2.57. The van der Waals surface area contributed by atoms with Crippen LogP contribution < -0.4 is 19.4 Å². The summed E-state index contributed by atoms with van der Waals surface area (Å²) in [4.78, 5) is 7.04. The van der Waals surface area contributed by atoms with Gasteiger partial charge in [-0.05, 0) is 143 Å². The average molecular weight is 912 g/mol. The molecule has 0 amide bonds. The van der Waals surface area contributed by atoms with E-state index in [9.17, 15) is 0 Å². The standard InChI is InChI=1S/C67H49N3O/c1-7-24-50(25-8-1)67(51-26-9-2-10-27-51)65-43-20-19-42-63(65)64-49-60(44-45-66(64)67)70(57-36-21-34-55(46-57)68(52-28-11-3-12-29-52)53-30-13-4-14-31-53)58-37-22-35-56(47-58)69(54-32-15-5-16-33-54)59-38-23-41-62(48-59)71-61-39-17-6-18-40-61/h1-49H. The van der Waals surface area contributed by atoms with Gasteiger partial charge in [0.25, 0.3) is 0 Å². The van der Waals surface area contributed by atoms with Crippen molar-refractivity contribution in [1.29, 1.82) is 0 Å². The van der Waals surface area contributed by atoms with Crippen molar-refractivity contribution in [2.45, 2.75) is 5.41 Å². The number of ether oxygens (including phenoxy) is 1. The molecule has 0 bridgehead atoms. The maximum Gasteiger partial charge on any atom is 0.129 e. The van der Waals surface area contributed by atoms with Crippen LogP contribution in [0.3, 0.4) is 0 Å². The Labute approximate surface area is 416 Å². The van der Waals surface area contributed by atoms with E-state index in [-0.39, 0.29) is 0 Å². The number of nitrogens with zero attached hydrogens (tertiary/aromatic N) is 3. The van der Waals surface area contributed by atoms with Crippen LogP contribution in [0.5, 0.6) is 11.5 Å². The van der Waals surface area contributed by atoms with Crippen LogP contribution in [0.2, 0.25) is 0 Å². The number of para-hydroxylation sites is 4. The molecule has 0 fully saturated rings. The molecule has 0 N–H and O–H groups in total. The summed E-state index contributed by atoms with van der Waals surface area (Å²) in [5, 5.41) is 0. The smallest absolute Gasteiger partial charge is 0.129 e. The molecule has 71 heavy (non-hydrogen) atoms. The van der Waals surface area contributed by atoms with E-state index in [2.05, 4.69) is 276 Å².